The van der Waals surface area contributed by atoms with Gasteiger partial charge in [-0.05, 0) is 13.8 Å². The summed E-state index contributed by atoms with van der Waals surface area (Å²) in [4.78, 5) is 11.0. The third-order valence-electron chi connectivity index (χ3n) is 1.94. The summed E-state index contributed by atoms with van der Waals surface area (Å²) in [5.41, 5.74) is 6.13. The number of rotatable bonds is 5. The van der Waals surface area contributed by atoms with Crippen molar-refractivity contribution in [3.63, 3.8) is 0 Å². The van der Waals surface area contributed by atoms with Crippen molar-refractivity contribution in [1.29, 1.82) is 0 Å². The SMILES string of the molecule is CCOc1cc(C(=O)O)c(OCC)cc1N. The topological polar surface area (TPSA) is 81.8 Å². The number of aromatic carboxylic acids is 1. The van der Waals surface area contributed by atoms with Crippen LogP contribution in [0, 0.1) is 0 Å². The predicted octanol–water partition coefficient (Wildman–Crippen LogP) is 1.76. The molecule has 0 radical (unpaired) electrons. The van der Waals surface area contributed by atoms with Gasteiger partial charge in [-0.1, -0.05) is 0 Å². The van der Waals surface area contributed by atoms with Gasteiger partial charge in [0, 0.05) is 12.1 Å². The van der Waals surface area contributed by atoms with Gasteiger partial charge in [-0.15, -0.1) is 0 Å². The highest BCUT2D eigenvalue weighted by atomic mass is 16.5. The van der Waals surface area contributed by atoms with E-state index in [-0.39, 0.29) is 11.3 Å². The fraction of sp³-hybridized carbons (Fsp3) is 0.364. The molecule has 0 saturated heterocycles. The van der Waals surface area contributed by atoms with Crippen molar-refractivity contribution in [1.82, 2.24) is 0 Å². The Morgan fingerprint density at radius 3 is 2.31 bits per heavy atom. The molecule has 0 spiro atoms. The van der Waals surface area contributed by atoms with E-state index in [4.69, 9.17) is 20.3 Å². The Hall–Kier alpha value is -1.91. The Labute approximate surface area is 93.8 Å². The third kappa shape index (κ3) is 2.56. The summed E-state index contributed by atoms with van der Waals surface area (Å²) in [7, 11) is 0. The zero-order valence-electron chi connectivity index (χ0n) is 9.32. The van der Waals surface area contributed by atoms with Crippen LogP contribution in [0.3, 0.4) is 0 Å². The number of carbonyl (C=O) groups is 1. The predicted molar refractivity (Wildman–Crippen MR) is 60.2 cm³/mol. The van der Waals surface area contributed by atoms with E-state index in [1.54, 1.807) is 13.8 Å². The fourth-order valence-corrected chi connectivity index (χ4v) is 1.30. The third-order valence-corrected chi connectivity index (χ3v) is 1.94. The Balaban J connectivity index is 3.19. The van der Waals surface area contributed by atoms with E-state index in [0.717, 1.165) is 0 Å². The second kappa shape index (κ2) is 5.25. The van der Waals surface area contributed by atoms with Gasteiger partial charge in [0.25, 0.3) is 0 Å². The molecule has 0 saturated carbocycles. The van der Waals surface area contributed by atoms with E-state index in [2.05, 4.69) is 0 Å². The van der Waals surface area contributed by atoms with Crippen molar-refractivity contribution in [2.75, 3.05) is 18.9 Å². The van der Waals surface area contributed by atoms with Crippen LogP contribution in [0.25, 0.3) is 0 Å². The normalized spacial score (nSPS) is 9.88. The maximum absolute atomic E-state index is 11.0. The zero-order chi connectivity index (χ0) is 12.1. The van der Waals surface area contributed by atoms with Crippen LogP contribution >= 0.6 is 0 Å². The van der Waals surface area contributed by atoms with E-state index < -0.39 is 5.97 Å². The van der Waals surface area contributed by atoms with Crippen molar-refractivity contribution in [3.05, 3.63) is 17.7 Å². The van der Waals surface area contributed by atoms with Gasteiger partial charge in [0.2, 0.25) is 0 Å². The summed E-state index contributed by atoms with van der Waals surface area (Å²) >= 11 is 0. The molecule has 5 nitrogen and oxygen atoms in total. The maximum atomic E-state index is 11.0. The van der Waals surface area contributed by atoms with Gasteiger partial charge in [-0.3, -0.25) is 0 Å². The van der Waals surface area contributed by atoms with E-state index in [1.807, 2.05) is 0 Å². The minimum absolute atomic E-state index is 0.0551. The van der Waals surface area contributed by atoms with Crippen LogP contribution in [0.1, 0.15) is 24.2 Å². The molecule has 0 aromatic heterocycles. The highest BCUT2D eigenvalue weighted by Gasteiger charge is 2.15. The maximum Gasteiger partial charge on any atom is 0.339 e. The Morgan fingerprint density at radius 2 is 1.81 bits per heavy atom. The number of carboxylic acids is 1. The lowest BCUT2D eigenvalue weighted by atomic mass is 10.1. The number of carboxylic acid groups (broad SMARTS) is 1. The minimum atomic E-state index is -1.07. The number of hydrogen-bond donors (Lipinski definition) is 2. The molecular weight excluding hydrogens is 210 g/mol. The van der Waals surface area contributed by atoms with Crippen molar-refractivity contribution in [2.24, 2.45) is 0 Å². The summed E-state index contributed by atoms with van der Waals surface area (Å²) in [6.07, 6.45) is 0. The quantitative estimate of drug-likeness (QED) is 0.746. The number of benzene rings is 1. The first-order valence-electron chi connectivity index (χ1n) is 5.02. The molecule has 88 valence electrons. The van der Waals surface area contributed by atoms with Gasteiger partial charge in [-0.25, -0.2) is 4.79 Å². The van der Waals surface area contributed by atoms with Crippen LogP contribution in [0.2, 0.25) is 0 Å². The van der Waals surface area contributed by atoms with Gasteiger partial charge in [0.15, 0.2) is 0 Å². The molecule has 0 aliphatic carbocycles. The largest absolute Gasteiger partial charge is 0.493 e. The van der Waals surface area contributed by atoms with E-state index in [1.165, 1.54) is 12.1 Å². The molecule has 0 aliphatic heterocycles. The second-order valence-corrected chi connectivity index (χ2v) is 3.06. The minimum Gasteiger partial charge on any atom is -0.493 e. The van der Waals surface area contributed by atoms with Gasteiger partial charge in [-0.2, -0.15) is 0 Å². The molecule has 1 rings (SSSR count). The van der Waals surface area contributed by atoms with Crippen LogP contribution < -0.4 is 15.2 Å². The number of anilines is 1. The average molecular weight is 225 g/mol. The van der Waals surface area contributed by atoms with E-state index in [0.29, 0.717) is 24.7 Å². The second-order valence-electron chi connectivity index (χ2n) is 3.06. The van der Waals surface area contributed by atoms with Crippen molar-refractivity contribution >= 4 is 11.7 Å². The fourth-order valence-electron chi connectivity index (χ4n) is 1.30. The van der Waals surface area contributed by atoms with E-state index in [9.17, 15) is 4.79 Å². The standard InChI is InChI=1S/C11H15NO4/c1-3-15-9-6-8(12)10(16-4-2)5-7(9)11(13)14/h5-6H,3-4,12H2,1-2H3,(H,13,14). The monoisotopic (exact) mass is 225 g/mol. The van der Waals surface area contributed by atoms with Gasteiger partial charge in [0.05, 0.1) is 18.9 Å². The van der Waals surface area contributed by atoms with Crippen molar-refractivity contribution in [3.8, 4) is 11.5 Å². The lowest BCUT2D eigenvalue weighted by molar-refractivity contribution is 0.0692. The highest BCUT2D eigenvalue weighted by Crippen LogP contribution is 2.31. The molecule has 0 fully saturated rings. The van der Waals surface area contributed by atoms with Crippen molar-refractivity contribution in [2.45, 2.75) is 13.8 Å². The lowest BCUT2D eigenvalue weighted by Gasteiger charge is -2.12. The molecular formula is C11H15NO4. The van der Waals surface area contributed by atoms with Gasteiger partial charge >= 0.3 is 5.97 Å². The number of nitrogens with two attached hydrogens (primary N) is 1. The summed E-state index contributed by atoms with van der Waals surface area (Å²) in [6.45, 7) is 4.39. The first kappa shape index (κ1) is 12.2. The van der Waals surface area contributed by atoms with Crippen LogP contribution in [-0.4, -0.2) is 24.3 Å². The Morgan fingerprint density at radius 1 is 1.25 bits per heavy atom. The molecule has 5 heteroatoms. The van der Waals surface area contributed by atoms with Gasteiger partial charge in [0.1, 0.15) is 17.1 Å². The molecule has 0 heterocycles. The number of hydrogen-bond acceptors (Lipinski definition) is 4. The highest BCUT2D eigenvalue weighted by molar-refractivity contribution is 5.92. The van der Waals surface area contributed by atoms with E-state index >= 15 is 0 Å². The summed E-state index contributed by atoms with van der Waals surface area (Å²) < 4.78 is 10.4. The Bertz CT molecular complexity index is 390. The van der Waals surface area contributed by atoms with Crippen LogP contribution in [-0.2, 0) is 0 Å². The molecule has 1 aromatic rings. The molecule has 0 aliphatic rings. The van der Waals surface area contributed by atoms with Crippen LogP contribution in [0.4, 0.5) is 5.69 Å². The van der Waals surface area contributed by atoms with Gasteiger partial charge < -0.3 is 20.3 Å². The van der Waals surface area contributed by atoms with Crippen LogP contribution in [0.15, 0.2) is 12.1 Å². The first-order chi connectivity index (χ1) is 7.60. The molecule has 0 amide bonds. The smallest absolute Gasteiger partial charge is 0.339 e. The Kier molecular flexibility index (Phi) is 3.99. The molecule has 0 bridgehead atoms. The summed E-state index contributed by atoms with van der Waals surface area (Å²) in [5, 5.41) is 9.00. The molecule has 0 unspecified atom stereocenters. The summed E-state index contributed by atoms with van der Waals surface area (Å²) in [5.74, 6) is -0.441. The molecule has 16 heavy (non-hydrogen) atoms. The first-order valence-corrected chi connectivity index (χ1v) is 5.02. The summed E-state index contributed by atoms with van der Waals surface area (Å²) in [6, 6.07) is 2.85. The molecule has 1 aromatic carbocycles. The average Bonchev–Trinajstić information content (AvgIpc) is 2.22. The lowest BCUT2D eigenvalue weighted by Crippen LogP contribution is -2.06. The van der Waals surface area contributed by atoms with Crippen molar-refractivity contribution < 1.29 is 19.4 Å². The van der Waals surface area contributed by atoms with Crippen LogP contribution in [0.5, 0.6) is 11.5 Å². The number of nitrogen functional groups attached to an aromatic ring is 1. The molecule has 3 N–H and O–H groups in total. The molecule has 0 atom stereocenters. The number of ether oxygens (including phenoxy) is 2. The zero-order valence-corrected chi connectivity index (χ0v) is 9.32.